The molecule has 20 heavy (non-hydrogen) atoms. The summed E-state index contributed by atoms with van der Waals surface area (Å²) in [7, 11) is -1.19. The molecule has 0 aromatic rings. The summed E-state index contributed by atoms with van der Waals surface area (Å²) in [6, 6.07) is 0. The smallest absolute Gasteiger partial charge is 1.00 e. The van der Waals surface area contributed by atoms with Gasteiger partial charge in [-0.2, -0.15) is 0 Å². The van der Waals surface area contributed by atoms with Gasteiger partial charge >= 0.3 is 127 Å². The molecule has 0 saturated heterocycles. The normalized spacial score (nSPS) is 30.1. The van der Waals surface area contributed by atoms with E-state index < -0.39 is 8.07 Å². The molecule has 2 aliphatic carbocycles. The molecule has 0 amide bonds. The van der Waals surface area contributed by atoms with Gasteiger partial charge in [-0.05, 0) is 0 Å². The molecule has 0 radical (unpaired) electrons. The van der Waals surface area contributed by atoms with E-state index in [2.05, 4.69) is 46.9 Å². The Kier molecular flexibility index (Phi) is 5.01. The third-order valence-electron chi connectivity index (χ3n) is 5.25. The standard InChI is InChI=1S/C16H21Si.2ClH.Hf/c1-10-7-11(2)13(8-10)16(4)9-14-12(3)15(16)17(14,5)6;;;/h7H,8H2,1-6H3;2*1H;/q;;;+2/p-2. The summed E-state index contributed by atoms with van der Waals surface area (Å²) in [5, 5.41) is 3.68. The van der Waals surface area contributed by atoms with E-state index in [1.54, 1.807) is 22.3 Å². The van der Waals surface area contributed by atoms with Crippen LogP contribution in [0.1, 0.15) is 34.1 Å². The zero-order chi connectivity index (χ0) is 13.5. The predicted molar refractivity (Wildman–Crippen MR) is 76.4 cm³/mol. The van der Waals surface area contributed by atoms with E-state index in [1.165, 1.54) is 30.8 Å². The maximum Gasteiger partial charge on any atom is -1.00 e. The number of fused-ring (bicyclic) bond motifs is 1. The summed E-state index contributed by atoms with van der Waals surface area (Å²) in [4.78, 5) is 0. The Morgan fingerprint density at radius 1 is 1.15 bits per heavy atom. The fraction of sp³-hybridized carbons (Fsp3) is 0.500. The molecule has 4 aliphatic rings. The number of hydrogen-bond donors (Lipinski definition) is 0. The molecule has 2 bridgehead atoms. The molecule has 2 heterocycles. The zero-order valence-electron chi connectivity index (χ0n) is 13.0. The van der Waals surface area contributed by atoms with Crippen LogP contribution in [-0.2, 0) is 24.4 Å². The minimum absolute atomic E-state index is 0. The zero-order valence-corrected chi connectivity index (χ0v) is 19.1. The van der Waals surface area contributed by atoms with Crippen LogP contribution in [0.4, 0.5) is 0 Å². The summed E-state index contributed by atoms with van der Waals surface area (Å²) in [6.45, 7) is 14.6. The molecule has 4 rings (SSSR count). The third-order valence-corrected chi connectivity index (χ3v) is 12.8. The molecule has 0 nitrogen and oxygen atoms in total. The second kappa shape index (κ2) is 5.37. The molecule has 107 valence electrons. The van der Waals surface area contributed by atoms with Crippen molar-refractivity contribution in [3.8, 4) is 0 Å². The minimum Gasteiger partial charge on any atom is -1.00 e. The summed E-state index contributed by atoms with van der Waals surface area (Å²) < 4.78 is 1.81. The van der Waals surface area contributed by atoms with Crippen molar-refractivity contribution in [2.75, 3.05) is 0 Å². The van der Waals surface area contributed by atoms with Gasteiger partial charge in [-0.3, -0.25) is 0 Å². The van der Waals surface area contributed by atoms with Gasteiger partial charge in [-0.25, -0.2) is 0 Å². The van der Waals surface area contributed by atoms with Crippen LogP contribution in [0.2, 0.25) is 13.1 Å². The van der Waals surface area contributed by atoms with Crippen molar-refractivity contribution in [2.24, 2.45) is 5.41 Å². The van der Waals surface area contributed by atoms with Crippen molar-refractivity contribution in [1.29, 1.82) is 0 Å². The van der Waals surface area contributed by atoms with Gasteiger partial charge in [-0.15, -0.1) is 0 Å². The van der Waals surface area contributed by atoms with Gasteiger partial charge in [0.25, 0.3) is 0 Å². The quantitative estimate of drug-likeness (QED) is 0.397. The minimum atomic E-state index is -1.19. The molecule has 1 unspecified atom stereocenters. The van der Waals surface area contributed by atoms with Crippen molar-refractivity contribution in [1.82, 2.24) is 0 Å². The molecule has 2 aliphatic heterocycles. The Balaban J connectivity index is 0.000001000. The van der Waals surface area contributed by atoms with Gasteiger partial charge in [0.15, 0.2) is 0 Å². The molecule has 0 spiro atoms. The van der Waals surface area contributed by atoms with E-state index in [1.807, 2.05) is 13.7 Å². The first-order chi connectivity index (χ1) is 8.22. The van der Waals surface area contributed by atoms with Gasteiger partial charge < -0.3 is 24.8 Å². The average Bonchev–Trinajstić information content (AvgIpc) is 2.71. The van der Waals surface area contributed by atoms with Crippen LogP contribution >= 0.6 is 0 Å². The van der Waals surface area contributed by atoms with Gasteiger partial charge in [-0.1, -0.05) is 0 Å². The summed E-state index contributed by atoms with van der Waals surface area (Å²) >= 11 is 1.23. The molecule has 0 saturated carbocycles. The van der Waals surface area contributed by atoms with Gasteiger partial charge in [0, 0.05) is 0 Å². The maximum atomic E-state index is 2.55. The topological polar surface area (TPSA) is 0 Å². The Hall–Kier alpha value is 0.627. The predicted octanol–water partition coefficient (Wildman–Crippen LogP) is -1.40. The molecule has 0 aromatic carbocycles. The average molecular weight is 491 g/mol. The van der Waals surface area contributed by atoms with Gasteiger partial charge in [0.1, 0.15) is 0 Å². The van der Waals surface area contributed by atoms with E-state index in [-0.39, 0.29) is 24.8 Å². The summed E-state index contributed by atoms with van der Waals surface area (Å²) in [5.74, 6) is 0. The van der Waals surface area contributed by atoms with Crippen LogP contribution in [0.15, 0.2) is 42.1 Å². The Labute approximate surface area is 151 Å². The number of hydrogen-bond acceptors (Lipinski definition) is 0. The van der Waals surface area contributed by atoms with Gasteiger partial charge in [0.2, 0.25) is 0 Å². The Bertz CT molecular complexity index is 608. The largest absolute Gasteiger partial charge is 1.00 e. The van der Waals surface area contributed by atoms with Crippen LogP contribution in [0.25, 0.3) is 0 Å². The first-order valence-corrected chi connectivity index (χ1v) is 11.6. The Morgan fingerprint density at radius 2 is 1.70 bits per heavy atom. The van der Waals surface area contributed by atoms with Crippen LogP contribution in [0.5, 0.6) is 0 Å². The fourth-order valence-corrected chi connectivity index (χ4v) is 14.9. The van der Waals surface area contributed by atoms with E-state index in [0.717, 1.165) is 0 Å². The van der Waals surface area contributed by atoms with Crippen molar-refractivity contribution in [3.63, 3.8) is 0 Å². The number of rotatable bonds is 1. The number of halogens is 2. The van der Waals surface area contributed by atoms with Crippen LogP contribution < -0.4 is 24.8 Å². The van der Waals surface area contributed by atoms with E-state index in [4.69, 9.17) is 0 Å². The first kappa shape index (κ1) is 18.7. The second-order valence-corrected chi connectivity index (χ2v) is 12.9. The molecule has 0 aromatic heterocycles. The van der Waals surface area contributed by atoms with Crippen LogP contribution in [-0.4, -0.2) is 8.07 Å². The fourth-order valence-electron chi connectivity index (χ4n) is 4.80. The van der Waals surface area contributed by atoms with Crippen LogP contribution in [0.3, 0.4) is 0 Å². The van der Waals surface area contributed by atoms with Crippen molar-refractivity contribution < 1.29 is 49.2 Å². The van der Waals surface area contributed by atoms with E-state index in [0.29, 0.717) is 5.41 Å². The van der Waals surface area contributed by atoms with E-state index >= 15 is 0 Å². The van der Waals surface area contributed by atoms with Gasteiger partial charge in [0.05, 0.1) is 0 Å². The molecular formula is C16H21Cl2HfSi. The van der Waals surface area contributed by atoms with Crippen LogP contribution in [0, 0.1) is 5.41 Å². The summed E-state index contributed by atoms with van der Waals surface area (Å²) in [5.41, 5.74) is 6.81. The number of allylic oxidation sites excluding steroid dienone is 8. The third kappa shape index (κ3) is 1.94. The molecule has 0 fully saturated rings. The molecule has 0 N–H and O–H groups in total. The van der Waals surface area contributed by atoms with Crippen molar-refractivity contribution >= 4 is 8.07 Å². The molecule has 4 heteroatoms. The van der Waals surface area contributed by atoms with E-state index in [9.17, 15) is 0 Å². The monoisotopic (exact) mass is 491 g/mol. The second-order valence-electron chi connectivity index (χ2n) is 6.83. The first-order valence-electron chi connectivity index (χ1n) is 6.78. The Morgan fingerprint density at radius 3 is 2.00 bits per heavy atom. The van der Waals surface area contributed by atoms with Crippen molar-refractivity contribution in [2.45, 2.75) is 47.2 Å². The van der Waals surface area contributed by atoms with Crippen molar-refractivity contribution in [3.05, 3.63) is 42.1 Å². The molecular weight excluding hydrogens is 470 g/mol. The maximum absolute atomic E-state index is 2.55. The SMILES string of the molecule is CC1=CC(C)=C(C2(C)[C]([Hf+2])=C3C(C)=C2[Si]3(C)C)C1.[Cl-].[Cl-]. The molecule has 1 atom stereocenters. The summed E-state index contributed by atoms with van der Waals surface area (Å²) in [6.07, 6.45) is 3.61.